The van der Waals surface area contributed by atoms with Gasteiger partial charge in [0.2, 0.25) is 5.91 Å². The van der Waals surface area contributed by atoms with Gasteiger partial charge in [-0.3, -0.25) is 9.59 Å². The first kappa shape index (κ1) is 23.5. The molecule has 2 fully saturated rings. The van der Waals surface area contributed by atoms with Crippen molar-refractivity contribution in [1.82, 2.24) is 24.8 Å². The fourth-order valence-corrected chi connectivity index (χ4v) is 5.81. The van der Waals surface area contributed by atoms with Gasteiger partial charge in [0.05, 0.1) is 20.2 Å². The molecule has 2 aromatic heterocycles. The Morgan fingerprint density at radius 3 is 2.97 bits per heavy atom. The van der Waals surface area contributed by atoms with E-state index in [9.17, 15) is 9.59 Å². The highest BCUT2D eigenvalue weighted by atomic mass is 16.5. The van der Waals surface area contributed by atoms with Crippen molar-refractivity contribution in [2.24, 2.45) is 11.8 Å². The number of nitrogens with zero attached hydrogens (tertiary/aromatic N) is 4. The molecule has 4 aromatic rings. The molecule has 2 amide bonds. The van der Waals surface area contributed by atoms with Gasteiger partial charge in [0, 0.05) is 54.6 Å². The maximum Gasteiger partial charge on any atom is 0.271 e. The molecule has 1 saturated heterocycles. The molecule has 4 N–H and O–H groups in total. The van der Waals surface area contributed by atoms with Crippen molar-refractivity contribution in [3.63, 3.8) is 0 Å². The molecule has 2 aliphatic heterocycles. The number of nitrogens with two attached hydrogens (primary N) is 1. The molecule has 2 unspecified atom stereocenters. The zero-order valence-corrected chi connectivity index (χ0v) is 21.6. The number of carbonyl (C=O) groups is 2. The van der Waals surface area contributed by atoms with Gasteiger partial charge in [-0.15, -0.1) is 0 Å². The van der Waals surface area contributed by atoms with Gasteiger partial charge >= 0.3 is 0 Å². The van der Waals surface area contributed by atoms with Crippen LogP contribution in [0.15, 0.2) is 48.8 Å². The third-order valence-corrected chi connectivity index (χ3v) is 8.06. The molecular weight excluding hydrogens is 494 g/mol. The number of rotatable bonds is 6. The van der Waals surface area contributed by atoms with E-state index in [0.717, 1.165) is 51.9 Å². The van der Waals surface area contributed by atoms with Gasteiger partial charge in [0.1, 0.15) is 23.1 Å². The summed E-state index contributed by atoms with van der Waals surface area (Å²) in [4.78, 5) is 36.1. The number of aromatic nitrogens is 3. The van der Waals surface area contributed by atoms with Crippen LogP contribution in [0.1, 0.15) is 39.4 Å². The molecule has 1 aliphatic carbocycles. The Hall–Kier alpha value is -4.60. The van der Waals surface area contributed by atoms with Crippen LogP contribution in [0.3, 0.4) is 0 Å². The summed E-state index contributed by atoms with van der Waals surface area (Å²) < 4.78 is 7.55. The number of imidazole rings is 1. The topological polar surface area (TPSA) is 127 Å². The number of nitrogens with one attached hydrogen (secondary N) is 2. The number of likely N-dealkylation sites (tertiary alicyclic amines) is 1. The molecule has 0 bridgehead atoms. The number of piperidine rings is 1. The second-order valence-corrected chi connectivity index (χ2v) is 10.6. The first-order valence-electron chi connectivity index (χ1n) is 13.2. The molecule has 7 rings (SSSR count). The van der Waals surface area contributed by atoms with Crippen LogP contribution in [0.2, 0.25) is 0 Å². The molecule has 0 radical (unpaired) electrons. The zero-order chi connectivity index (χ0) is 26.7. The first-order valence-corrected chi connectivity index (χ1v) is 13.2. The number of hydrogen-bond donors (Lipinski definition) is 3. The lowest BCUT2D eigenvalue weighted by Crippen LogP contribution is -2.27. The number of ether oxygens (including phenoxy) is 1. The number of benzene rings is 2. The van der Waals surface area contributed by atoms with Gasteiger partial charge in [0.25, 0.3) is 5.91 Å². The van der Waals surface area contributed by atoms with Crippen molar-refractivity contribution in [1.29, 1.82) is 0 Å². The Morgan fingerprint density at radius 1 is 1.26 bits per heavy atom. The molecule has 198 valence electrons. The van der Waals surface area contributed by atoms with Crippen molar-refractivity contribution < 1.29 is 14.3 Å². The van der Waals surface area contributed by atoms with Gasteiger partial charge in [-0.25, -0.2) is 9.97 Å². The van der Waals surface area contributed by atoms with E-state index in [4.69, 9.17) is 10.5 Å². The highest BCUT2D eigenvalue weighted by Gasteiger charge is 2.51. The van der Waals surface area contributed by atoms with E-state index >= 15 is 0 Å². The average molecular weight is 524 g/mol. The van der Waals surface area contributed by atoms with Gasteiger partial charge in [-0.05, 0) is 53.1 Å². The minimum Gasteiger partial charge on any atom is -0.496 e. The number of fused-ring (bicyclic) bond motifs is 4. The lowest BCUT2D eigenvalue weighted by molar-refractivity contribution is -0.130. The Morgan fingerprint density at radius 2 is 2.15 bits per heavy atom. The van der Waals surface area contributed by atoms with Crippen LogP contribution < -0.4 is 21.1 Å². The molecular formula is C29H29N7O3. The third kappa shape index (κ3) is 4.21. The largest absolute Gasteiger partial charge is 0.496 e. The van der Waals surface area contributed by atoms with E-state index in [1.54, 1.807) is 19.5 Å². The van der Waals surface area contributed by atoms with Crippen molar-refractivity contribution in [2.45, 2.75) is 32.6 Å². The predicted molar refractivity (Wildman–Crippen MR) is 146 cm³/mol. The van der Waals surface area contributed by atoms with Crippen LogP contribution >= 0.6 is 0 Å². The van der Waals surface area contributed by atoms with Crippen LogP contribution in [0.25, 0.3) is 10.8 Å². The number of nitrogen functional groups attached to an aromatic ring is 1. The SMILES string of the molecule is COc1cc2c(N)nccc2cc1CNC(=O)c1cn2c(n1)CNc1cc(CN3CC4CC4C3=O)ccc1C2. The number of methoxy groups -OCH3 is 1. The summed E-state index contributed by atoms with van der Waals surface area (Å²) in [7, 11) is 1.59. The second-order valence-electron chi connectivity index (χ2n) is 10.6. The molecule has 39 heavy (non-hydrogen) atoms. The number of hydrogen-bond acceptors (Lipinski definition) is 7. The standard InChI is InChI=1S/C29H29N7O3/c1-39-25-9-21-17(4-5-31-27(21)30)7-19(25)10-33-28(37)24-15-35-13-18-3-2-16(6-23(18)32-11-26(35)34-24)12-36-14-20-8-22(20)29(36)38/h2-7,9,15,20,22,32H,8,10-14H2,1H3,(H2,30,31)(H,33,37). The lowest BCUT2D eigenvalue weighted by atomic mass is 10.1. The Labute approximate surface area is 225 Å². The summed E-state index contributed by atoms with van der Waals surface area (Å²) >= 11 is 0. The minimum absolute atomic E-state index is 0.254. The Kier molecular flexibility index (Phi) is 5.43. The number of carbonyl (C=O) groups excluding carboxylic acids is 2. The second kappa shape index (κ2) is 9.00. The predicted octanol–water partition coefficient (Wildman–Crippen LogP) is 2.90. The number of anilines is 2. The van der Waals surface area contributed by atoms with E-state index in [1.807, 2.05) is 27.7 Å². The van der Waals surface area contributed by atoms with Crippen LogP contribution in [0, 0.1) is 11.8 Å². The van der Waals surface area contributed by atoms with E-state index in [-0.39, 0.29) is 18.4 Å². The van der Waals surface area contributed by atoms with Gasteiger partial charge in [-0.1, -0.05) is 12.1 Å². The van der Waals surface area contributed by atoms with Gasteiger partial charge in [-0.2, -0.15) is 0 Å². The fourth-order valence-electron chi connectivity index (χ4n) is 5.81. The van der Waals surface area contributed by atoms with Gasteiger partial charge < -0.3 is 30.6 Å². The monoisotopic (exact) mass is 523 g/mol. The average Bonchev–Trinajstić information content (AvgIpc) is 3.55. The lowest BCUT2D eigenvalue weighted by Gasteiger charge is -2.19. The summed E-state index contributed by atoms with van der Waals surface area (Å²) in [5, 5.41) is 8.18. The maximum atomic E-state index is 13.0. The van der Waals surface area contributed by atoms with Crippen molar-refractivity contribution in [3.8, 4) is 5.75 Å². The van der Waals surface area contributed by atoms with Crippen LogP contribution in [0.5, 0.6) is 5.75 Å². The first-order chi connectivity index (χ1) is 19.0. The summed E-state index contributed by atoms with van der Waals surface area (Å²) in [6.45, 7) is 2.94. The zero-order valence-electron chi connectivity index (χ0n) is 21.6. The van der Waals surface area contributed by atoms with E-state index in [1.165, 1.54) is 0 Å². The van der Waals surface area contributed by atoms with Crippen molar-refractivity contribution >= 4 is 34.1 Å². The van der Waals surface area contributed by atoms with Gasteiger partial charge in [0.15, 0.2) is 0 Å². The molecule has 10 heteroatoms. The summed E-state index contributed by atoms with van der Waals surface area (Å²) in [5.74, 6) is 2.76. The molecule has 10 nitrogen and oxygen atoms in total. The normalized spacial score (nSPS) is 19.1. The highest BCUT2D eigenvalue weighted by Crippen LogP contribution is 2.46. The summed E-state index contributed by atoms with van der Waals surface area (Å²) in [6.07, 6.45) is 4.53. The van der Waals surface area contributed by atoms with Crippen molar-refractivity contribution in [3.05, 3.63) is 77.0 Å². The van der Waals surface area contributed by atoms with E-state index in [2.05, 4.69) is 38.8 Å². The number of pyridine rings is 1. The van der Waals surface area contributed by atoms with E-state index < -0.39 is 0 Å². The molecule has 0 spiro atoms. The molecule has 2 aromatic carbocycles. The molecule has 1 saturated carbocycles. The number of amides is 2. The molecule has 2 atom stereocenters. The Balaban J connectivity index is 1.04. The van der Waals surface area contributed by atoms with Crippen LogP contribution in [-0.2, 0) is 31.0 Å². The summed E-state index contributed by atoms with van der Waals surface area (Å²) in [6, 6.07) is 12.0. The fraction of sp³-hybridized carbons (Fsp3) is 0.310. The molecule has 3 aliphatic rings. The van der Waals surface area contributed by atoms with E-state index in [0.29, 0.717) is 48.7 Å². The Bertz CT molecular complexity index is 1650. The maximum absolute atomic E-state index is 13.0. The smallest absolute Gasteiger partial charge is 0.271 e. The summed E-state index contributed by atoms with van der Waals surface area (Å²) in [5.41, 5.74) is 10.5. The quantitative estimate of drug-likeness (QED) is 0.355. The highest BCUT2D eigenvalue weighted by molar-refractivity contribution is 5.94. The van der Waals surface area contributed by atoms with Crippen molar-refractivity contribution in [2.75, 3.05) is 24.7 Å². The van der Waals surface area contributed by atoms with Crippen LogP contribution in [0.4, 0.5) is 11.5 Å². The van der Waals surface area contributed by atoms with Crippen LogP contribution in [-0.4, -0.2) is 44.9 Å². The third-order valence-electron chi connectivity index (χ3n) is 8.06. The molecule has 4 heterocycles. The minimum atomic E-state index is -0.254.